The van der Waals surface area contributed by atoms with Gasteiger partial charge in [-0.05, 0) is 23.5 Å². The van der Waals surface area contributed by atoms with Gasteiger partial charge in [0.15, 0.2) is 11.0 Å². The fourth-order valence-electron chi connectivity index (χ4n) is 2.99. The fraction of sp³-hybridized carbons (Fsp3) is 0.348. The summed E-state index contributed by atoms with van der Waals surface area (Å²) in [6.45, 7) is 9.03. The van der Waals surface area contributed by atoms with Crippen LogP contribution >= 0.6 is 11.8 Å². The Morgan fingerprint density at radius 2 is 1.72 bits per heavy atom. The van der Waals surface area contributed by atoms with Gasteiger partial charge in [-0.1, -0.05) is 87.1 Å². The summed E-state index contributed by atoms with van der Waals surface area (Å²) in [5.41, 5.74) is 3.50. The number of benzene rings is 2. The Kier molecular flexibility index (Phi) is 6.42. The number of ether oxygens (including phenoxy) is 1. The molecule has 0 aliphatic rings. The maximum Gasteiger partial charge on any atom is 0.318 e. The van der Waals surface area contributed by atoms with E-state index in [1.165, 1.54) is 24.4 Å². The summed E-state index contributed by atoms with van der Waals surface area (Å²) in [6.07, 6.45) is 0. The summed E-state index contributed by atoms with van der Waals surface area (Å²) in [7, 11) is 1.40. The molecule has 152 valence electrons. The van der Waals surface area contributed by atoms with Crippen LogP contribution in [0.3, 0.4) is 0 Å². The molecule has 0 aliphatic carbocycles. The molecule has 3 rings (SSSR count). The highest BCUT2D eigenvalue weighted by Crippen LogP contribution is 2.30. The van der Waals surface area contributed by atoms with E-state index in [0.717, 1.165) is 17.0 Å². The van der Waals surface area contributed by atoms with Crippen LogP contribution in [0.4, 0.5) is 0 Å². The van der Waals surface area contributed by atoms with E-state index in [1.54, 1.807) is 0 Å². The summed E-state index contributed by atoms with van der Waals surface area (Å²) in [4.78, 5) is 11.9. The predicted octanol–water partition coefficient (Wildman–Crippen LogP) is 4.94. The van der Waals surface area contributed by atoms with Crippen LogP contribution in [0.15, 0.2) is 59.8 Å². The van der Waals surface area contributed by atoms with Crippen molar-refractivity contribution >= 4 is 17.7 Å². The van der Waals surface area contributed by atoms with Gasteiger partial charge >= 0.3 is 5.97 Å². The van der Waals surface area contributed by atoms with Crippen molar-refractivity contribution in [3.63, 3.8) is 0 Å². The van der Waals surface area contributed by atoms with Gasteiger partial charge in [-0.25, -0.2) is 0 Å². The maximum atomic E-state index is 11.9. The van der Waals surface area contributed by atoms with Gasteiger partial charge in [-0.3, -0.25) is 9.36 Å². The Bertz CT molecular complexity index is 960. The third-order valence-corrected chi connectivity index (χ3v) is 5.78. The topological polar surface area (TPSA) is 57.0 Å². The third kappa shape index (κ3) is 5.07. The van der Waals surface area contributed by atoms with Gasteiger partial charge in [0.25, 0.3) is 0 Å². The minimum absolute atomic E-state index is 0.0905. The molecule has 0 aliphatic heterocycles. The highest BCUT2D eigenvalue weighted by Gasteiger charge is 2.22. The lowest BCUT2D eigenvalue weighted by Crippen LogP contribution is -2.16. The maximum absolute atomic E-state index is 11.9. The van der Waals surface area contributed by atoms with Gasteiger partial charge in [-0.15, -0.1) is 10.2 Å². The minimum Gasteiger partial charge on any atom is -0.468 e. The Morgan fingerprint density at radius 1 is 1.07 bits per heavy atom. The lowest BCUT2D eigenvalue weighted by molar-refractivity contribution is -0.139. The molecular formula is C23H27N3O2S. The smallest absolute Gasteiger partial charge is 0.318 e. The molecule has 0 saturated heterocycles. The largest absolute Gasteiger partial charge is 0.468 e. The number of methoxy groups -OCH3 is 1. The lowest BCUT2D eigenvalue weighted by atomic mass is 9.87. The number of thioether (sulfide) groups is 1. The van der Waals surface area contributed by atoms with Crippen molar-refractivity contribution in [3.8, 4) is 11.4 Å². The fourth-order valence-corrected chi connectivity index (χ4v) is 3.86. The summed E-state index contributed by atoms with van der Waals surface area (Å²) in [5, 5.41) is 9.17. The first-order valence-electron chi connectivity index (χ1n) is 9.62. The number of esters is 1. The zero-order valence-corrected chi connectivity index (χ0v) is 18.4. The average molecular weight is 410 g/mol. The van der Waals surface area contributed by atoms with E-state index in [4.69, 9.17) is 4.74 Å². The van der Waals surface area contributed by atoms with E-state index >= 15 is 0 Å². The highest BCUT2D eigenvalue weighted by atomic mass is 32.2. The number of carbonyl (C=O) groups is 1. The van der Waals surface area contributed by atoms with Crippen LogP contribution in [0.5, 0.6) is 0 Å². The summed E-state index contributed by atoms with van der Waals surface area (Å²) in [6, 6.07) is 18.6. The first-order valence-corrected chi connectivity index (χ1v) is 10.5. The van der Waals surface area contributed by atoms with E-state index in [1.807, 2.05) is 25.1 Å². The van der Waals surface area contributed by atoms with E-state index in [9.17, 15) is 4.79 Å². The molecule has 29 heavy (non-hydrogen) atoms. The Hall–Kier alpha value is -2.60. The lowest BCUT2D eigenvalue weighted by Gasteiger charge is -2.19. The van der Waals surface area contributed by atoms with Gasteiger partial charge in [-0.2, -0.15) is 0 Å². The van der Waals surface area contributed by atoms with Crippen molar-refractivity contribution in [1.82, 2.24) is 14.8 Å². The summed E-state index contributed by atoms with van der Waals surface area (Å²) < 4.78 is 6.92. The van der Waals surface area contributed by atoms with Crippen molar-refractivity contribution in [3.05, 3.63) is 65.7 Å². The zero-order chi connectivity index (χ0) is 21.0. The molecule has 2 aromatic carbocycles. The molecule has 0 bridgehead atoms. The normalized spacial score (nSPS) is 12.6. The third-order valence-electron chi connectivity index (χ3n) is 4.72. The van der Waals surface area contributed by atoms with Crippen molar-refractivity contribution in [2.45, 2.75) is 50.1 Å². The molecule has 0 fully saturated rings. The van der Waals surface area contributed by atoms with Crippen LogP contribution in [-0.4, -0.2) is 33.1 Å². The van der Waals surface area contributed by atoms with Crippen LogP contribution in [0.25, 0.3) is 11.4 Å². The van der Waals surface area contributed by atoms with Crippen molar-refractivity contribution in [2.24, 2.45) is 0 Å². The number of hydrogen-bond acceptors (Lipinski definition) is 5. The molecule has 0 amide bonds. The van der Waals surface area contributed by atoms with Crippen LogP contribution in [0.2, 0.25) is 0 Å². The Morgan fingerprint density at radius 3 is 2.31 bits per heavy atom. The molecule has 1 unspecified atom stereocenters. The van der Waals surface area contributed by atoms with Crippen LogP contribution < -0.4 is 0 Å². The van der Waals surface area contributed by atoms with Crippen LogP contribution in [0.1, 0.15) is 38.8 Å². The predicted molar refractivity (Wildman–Crippen MR) is 117 cm³/mol. The van der Waals surface area contributed by atoms with E-state index in [-0.39, 0.29) is 16.6 Å². The highest BCUT2D eigenvalue weighted by molar-refractivity contribution is 8.00. The van der Waals surface area contributed by atoms with Crippen LogP contribution in [0, 0.1) is 0 Å². The van der Waals surface area contributed by atoms with E-state index in [2.05, 4.69) is 71.9 Å². The average Bonchev–Trinajstić information content (AvgIpc) is 3.09. The minimum atomic E-state index is -0.366. The molecule has 0 N–H and O–H groups in total. The number of hydrogen-bond donors (Lipinski definition) is 0. The SMILES string of the molecule is COC(=O)C(C)Sc1nnc(-c2ccc(C(C)(C)C)cc2)n1Cc1ccccc1. The molecule has 3 aromatic rings. The van der Waals surface area contributed by atoms with Gasteiger partial charge in [0.05, 0.1) is 13.7 Å². The first-order chi connectivity index (χ1) is 13.8. The summed E-state index contributed by atoms with van der Waals surface area (Å²) in [5.74, 6) is 0.509. The number of carbonyl (C=O) groups excluding carboxylic acids is 1. The number of nitrogens with zero attached hydrogens (tertiary/aromatic N) is 3. The van der Waals surface area contributed by atoms with Gasteiger partial charge in [0, 0.05) is 5.56 Å². The molecule has 1 heterocycles. The van der Waals surface area contributed by atoms with Crippen molar-refractivity contribution in [1.29, 1.82) is 0 Å². The van der Waals surface area contributed by atoms with Gasteiger partial charge < -0.3 is 4.74 Å². The Balaban J connectivity index is 1.99. The second kappa shape index (κ2) is 8.82. The van der Waals surface area contributed by atoms with Crippen molar-refractivity contribution < 1.29 is 9.53 Å². The molecule has 5 nitrogen and oxygen atoms in total. The summed E-state index contributed by atoms with van der Waals surface area (Å²) >= 11 is 1.36. The molecule has 1 atom stereocenters. The quantitative estimate of drug-likeness (QED) is 0.426. The first kappa shape index (κ1) is 21.1. The molecule has 0 spiro atoms. The van der Waals surface area contributed by atoms with Crippen molar-refractivity contribution in [2.75, 3.05) is 7.11 Å². The molecular weight excluding hydrogens is 382 g/mol. The zero-order valence-electron chi connectivity index (χ0n) is 17.5. The standard InChI is InChI=1S/C23H27N3O2S/c1-16(21(27)28-5)29-22-25-24-20(26(22)15-17-9-7-6-8-10-17)18-11-13-19(14-12-18)23(2,3)4/h6-14,16H,15H2,1-5H3. The molecule has 6 heteroatoms. The monoisotopic (exact) mass is 409 g/mol. The van der Waals surface area contributed by atoms with Crippen LogP contribution in [-0.2, 0) is 21.5 Å². The molecule has 0 saturated carbocycles. The van der Waals surface area contributed by atoms with Gasteiger partial charge in [0.2, 0.25) is 0 Å². The molecule has 1 aromatic heterocycles. The second-order valence-corrected chi connectivity index (χ2v) is 9.30. The number of rotatable bonds is 6. The van der Waals surface area contributed by atoms with E-state index in [0.29, 0.717) is 11.7 Å². The second-order valence-electron chi connectivity index (χ2n) is 7.99. The van der Waals surface area contributed by atoms with Gasteiger partial charge in [0.1, 0.15) is 5.25 Å². The number of aromatic nitrogens is 3. The Labute approximate surface area is 176 Å². The molecule has 0 radical (unpaired) electrons. The van der Waals surface area contributed by atoms with E-state index < -0.39 is 0 Å².